The lowest BCUT2D eigenvalue weighted by molar-refractivity contribution is -0.151. The van der Waals surface area contributed by atoms with Gasteiger partial charge in [0.1, 0.15) is 12.7 Å². The summed E-state index contributed by atoms with van der Waals surface area (Å²) in [6.45, 7) is -0.455. The summed E-state index contributed by atoms with van der Waals surface area (Å²) < 4.78 is 4.83. The van der Waals surface area contributed by atoms with Crippen LogP contribution >= 0.6 is 0 Å². The second kappa shape index (κ2) is 5.19. The largest absolute Gasteiger partial charge is 0.463 e. The van der Waals surface area contributed by atoms with Crippen LogP contribution < -0.4 is 0 Å². The van der Waals surface area contributed by atoms with Gasteiger partial charge in [-0.05, 0) is 12.8 Å². The summed E-state index contributed by atoms with van der Waals surface area (Å²) in [6, 6.07) is 0. The van der Waals surface area contributed by atoms with Crippen LogP contribution in [0.3, 0.4) is 0 Å². The van der Waals surface area contributed by atoms with Gasteiger partial charge in [-0.25, -0.2) is 0 Å². The lowest BCUT2D eigenvalue weighted by Gasteiger charge is -2.11. The second-order valence-corrected chi connectivity index (χ2v) is 3.45. The molecule has 0 radical (unpaired) electrons. The molecule has 2 N–H and O–H groups in total. The van der Waals surface area contributed by atoms with Crippen LogP contribution in [0.1, 0.15) is 25.7 Å². The van der Waals surface area contributed by atoms with Crippen LogP contribution in [0.5, 0.6) is 0 Å². The highest BCUT2D eigenvalue weighted by atomic mass is 16.5. The third kappa shape index (κ3) is 3.32. The Morgan fingerprint density at radius 1 is 1.46 bits per heavy atom. The summed E-state index contributed by atoms with van der Waals surface area (Å²) in [5.74, 6) is -0.212. The monoisotopic (exact) mass is 188 g/mol. The van der Waals surface area contributed by atoms with E-state index in [-0.39, 0.29) is 25.1 Å². The molecule has 4 heteroatoms. The number of aliphatic hydroxyl groups is 2. The van der Waals surface area contributed by atoms with E-state index in [2.05, 4.69) is 0 Å². The SMILES string of the molecule is O=C(OCC(O)CO)C1CCCC1. The van der Waals surface area contributed by atoms with Crippen LogP contribution in [-0.2, 0) is 9.53 Å². The zero-order valence-electron chi connectivity index (χ0n) is 7.61. The summed E-state index contributed by atoms with van der Waals surface area (Å²) in [4.78, 5) is 11.3. The fourth-order valence-electron chi connectivity index (χ4n) is 1.51. The van der Waals surface area contributed by atoms with Gasteiger partial charge in [-0.1, -0.05) is 12.8 Å². The zero-order chi connectivity index (χ0) is 9.68. The van der Waals surface area contributed by atoms with E-state index in [4.69, 9.17) is 14.9 Å². The van der Waals surface area contributed by atoms with Crippen LogP contribution in [0.15, 0.2) is 0 Å². The molecule has 0 aromatic rings. The number of aliphatic hydroxyl groups excluding tert-OH is 2. The molecule has 1 aliphatic rings. The van der Waals surface area contributed by atoms with Gasteiger partial charge in [0.25, 0.3) is 0 Å². The van der Waals surface area contributed by atoms with Crippen LogP contribution in [0.25, 0.3) is 0 Å². The maximum atomic E-state index is 11.3. The lowest BCUT2D eigenvalue weighted by Crippen LogP contribution is -2.24. The quantitative estimate of drug-likeness (QED) is 0.613. The Morgan fingerprint density at radius 2 is 2.08 bits per heavy atom. The van der Waals surface area contributed by atoms with Gasteiger partial charge in [-0.2, -0.15) is 0 Å². The summed E-state index contributed by atoms with van der Waals surface area (Å²) >= 11 is 0. The first-order chi connectivity index (χ1) is 6.24. The fraction of sp³-hybridized carbons (Fsp3) is 0.889. The van der Waals surface area contributed by atoms with Crippen molar-refractivity contribution in [3.8, 4) is 0 Å². The van der Waals surface area contributed by atoms with E-state index in [0.29, 0.717) is 0 Å². The first kappa shape index (κ1) is 10.5. The number of ether oxygens (including phenoxy) is 1. The number of hydrogen-bond acceptors (Lipinski definition) is 4. The van der Waals surface area contributed by atoms with E-state index in [9.17, 15) is 4.79 Å². The van der Waals surface area contributed by atoms with Gasteiger partial charge in [-0.15, -0.1) is 0 Å². The molecule has 1 aliphatic carbocycles. The molecule has 0 saturated heterocycles. The molecule has 0 amide bonds. The van der Waals surface area contributed by atoms with E-state index in [1.165, 1.54) is 0 Å². The Hall–Kier alpha value is -0.610. The molecule has 0 bridgehead atoms. The van der Waals surface area contributed by atoms with E-state index < -0.39 is 6.10 Å². The smallest absolute Gasteiger partial charge is 0.309 e. The van der Waals surface area contributed by atoms with Gasteiger partial charge in [0.15, 0.2) is 0 Å². The van der Waals surface area contributed by atoms with E-state index >= 15 is 0 Å². The van der Waals surface area contributed by atoms with Crippen molar-refractivity contribution in [2.24, 2.45) is 5.92 Å². The molecular formula is C9H16O4. The third-order valence-electron chi connectivity index (χ3n) is 2.32. The molecule has 1 saturated carbocycles. The van der Waals surface area contributed by atoms with E-state index in [1.54, 1.807) is 0 Å². The zero-order valence-corrected chi connectivity index (χ0v) is 7.61. The van der Waals surface area contributed by atoms with Gasteiger partial charge in [-0.3, -0.25) is 4.79 Å². The van der Waals surface area contributed by atoms with Gasteiger partial charge in [0, 0.05) is 0 Å². The molecule has 1 rings (SSSR count). The summed E-state index contributed by atoms with van der Waals surface area (Å²) in [5, 5.41) is 17.4. The summed E-state index contributed by atoms with van der Waals surface area (Å²) in [6.07, 6.45) is 3.03. The van der Waals surface area contributed by atoms with Gasteiger partial charge in [0.05, 0.1) is 12.5 Å². The molecule has 1 fully saturated rings. The van der Waals surface area contributed by atoms with Crippen molar-refractivity contribution in [1.82, 2.24) is 0 Å². The molecule has 4 nitrogen and oxygen atoms in total. The van der Waals surface area contributed by atoms with Crippen molar-refractivity contribution >= 4 is 5.97 Å². The minimum atomic E-state index is -0.939. The Morgan fingerprint density at radius 3 is 2.62 bits per heavy atom. The normalized spacial score (nSPS) is 20.2. The van der Waals surface area contributed by atoms with Crippen LogP contribution in [-0.4, -0.2) is 35.5 Å². The highest BCUT2D eigenvalue weighted by Gasteiger charge is 2.24. The molecule has 0 aromatic heterocycles. The van der Waals surface area contributed by atoms with Gasteiger partial charge >= 0.3 is 5.97 Å². The Kier molecular flexibility index (Phi) is 4.18. The molecule has 0 aliphatic heterocycles. The molecule has 1 atom stereocenters. The Labute approximate surface area is 77.5 Å². The third-order valence-corrected chi connectivity index (χ3v) is 2.32. The highest BCUT2D eigenvalue weighted by Crippen LogP contribution is 2.25. The first-order valence-corrected chi connectivity index (χ1v) is 4.69. The molecule has 76 valence electrons. The number of carbonyl (C=O) groups excluding carboxylic acids is 1. The van der Waals surface area contributed by atoms with Crippen molar-refractivity contribution in [2.45, 2.75) is 31.8 Å². The minimum absolute atomic E-state index is 0.0193. The van der Waals surface area contributed by atoms with Crippen LogP contribution in [0, 0.1) is 5.92 Å². The predicted octanol–water partition coefficient (Wildman–Crippen LogP) is 0.0730. The number of rotatable bonds is 4. The first-order valence-electron chi connectivity index (χ1n) is 4.69. The van der Waals surface area contributed by atoms with Gasteiger partial charge in [0.2, 0.25) is 0 Å². The second-order valence-electron chi connectivity index (χ2n) is 3.45. The maximum absolute atomic E-state index is 11.3. The van der Waals surface area contributed by atoms with E-state index in [1.807, 2.05) is 0 Å². The molecule has 0 spiro atoms. The van der Waals surface area contributed by atoms with Crippen molar-refractivity contribution in [3.63, 3.8) is 0 Å². The topological polar surface area (TPSA) is 66.8 Å². The number of esters is 1. The molecule has 0 heterocycles. The standard InChI is InChI=1S/C9H16O4/c10-5-8(11)6-13-9(12)7-3-1-2-4-7/h7-8,10-11H,1-6H2. The molecule has 1 unspecified atom stereocenters. The minimum Gasteiger partial charge on any atom is -0.463 e. The lowest BCUT2D eigenvalue weighted by atomic mass is 10.1. The number of carbonyl (C=O) groups is 1. The highest BCUT2D eigenvalue weighted by molar-refractivity contribution is 5.72. The van der Waals surface area contributed by atoms with Crippen LogP contribution in [0.2, 0.25) is 0 Å². The Bertz CT molecular complexity index is 163. The Balaban J connectivity index is 2.16. The molecule has 0 aromatic carbocycles. The van der Waals surface area contributed by atoms with Crippen molar-refractivity contribution in [3.05, 3.63) is 0 Å². The fourth-order valence-corrected chi connectivity index (χ4v) is 1.51. The van der Waals surface area contributed by atoms with Gasteiger partial charge < -0.3 is 14.9 Å². The predicted molar refractivity (Wildman–Crippen MR) is 46.0 cm³/mol. The van der Waals surface area contributed by atoms with Crippen molar-refractivity contribution in [2.75, 3.05) is 13.2 Å². The summed E-state index contributed by atoms with van der Waals surface area (Å²) in [7, 11) is 0. The van der Waals surface area contributed by atoms with Crippen molar-refractivity contribution in [1.29, 1.82) is 0 Å². The molecular weight excluding hydrogens is 172 g/mol. The van der Waals surface area contributed by atoms with Crippen molar-refractivity contribution < 1.29 is 19.7 Å². The maximum Gasteiger partial charge on any atom is 0.309 e. The number of hydrogen-bond donors (Lipinski definition) is 2. The average Bonchev–Trinajstić information content (AvgIpc) is 2.66. The van der Waals surface area contributed by atoms with E-state index in [0.717, 1.165) is 25.7 Å². The summed E-state index contributed by atoms with van der Waals surface area (Å²) in [5.41, 5.74) is 0. The average molecular weight is 188 g/mol. The van der Waals surface area contributed by atoms with Crippen LogP contribution in [0.4, 0.5) is 0 Å². The molecule has 13 heavy (non-hydrogen) atoms.